The number of carbonyl (C=O) groups excluding carboxylic acids is 1. The van der Waals surface area contributed by atoms with Gasteiger partial charge in [0.2, 0.25) is 5.91 Å². The molecule has 26 heavy (non-hydrogen) atoms. The van der Waals surface area contributed by atoms with Gasteiger partial charge >= 0.3 is 0 Å². The van der Waals surface area contributed by atoms with Crippen LogP contribution in [-0.2, 0) is 4.79 Å². The predicted molar refractivity (Wildman–Crippen MR) is 97.3 cm³/mol. The van der Waals surface area contributed by atoms with Crippen molar-refractivity contribution >= 4 is 23.2 Å². The minimum Gasteiger partial charge on any atom is -0.382 e. The van der Waals surface area contributed by atoms with Crippen molar-refractivity contribution in [3.8, 4) is 11.3 Å². The average Bonchev–Trinajstić information content (AvgIpc) is 2.96. The Bertz CT molecular complexity index is 982. The quantitative estimate of drug-likeness (QED) is 0.712. The number of primary amides is 1. The van der Waals surface area contributed by atoms with Crippen LogP contribution >= 0.6 is 0 Å². The van der Waals surface area contributed by atoms with E-state index in [-0.39, 0.29) is 11.8 Å². The highest BCUT2D eigenvalue weighted by Gasteiger charge is 2.25. The third-order valence-electron chi connectivity index (χ3n) is 4.69. The number of nitrogen functional groups attached to an aromatic ring is 1. The van der Waals surface area contributed by atoms with E-state index >= 15 is 0 Å². The van der Waals surface area contributed by atoms with Gasteiger partial charge in [0.1, 0.15) is 12.1 Å². The molecule has 1 amide bonds. The second-order valence-corrected chi connectivity index (χ2v) is 6.61. The molecule has 0 bridgehead atoms. The molecule has 4 heterocycles. The number of hydrogen-bond donors (Lipinski definition) is 2. The summed E-state index contributed by atoms with van der Waals surface area (Å²) in [5.74, 6) is 0.678. The van der Waals surface area contributed by atoms with E-state index in [1.54, 1.807) is 10.7 Å². The largest absolute Gasteiger partial charge is 0.382 e. The number of carbonyl (C=O) groups is 1. The second kappa shape index (κ2) is 6.25. The van der Waals surface area contributed by atoms with Gasteiger partial charge in [-0.05, 0) is 25.3 Å². The van der Waals surface area contributed by atoms with Crippen molar-refractivity contribution in [3.63, 3.8) is 0 Å². The smallest absolute Gasteiger partial charge is 0.222 e. The van der Waals surface area contributed by atoms with Gasteiger partial charge in [-0.25, -0.2) is 19.5 Å². The topological polar surface area (TPSA) is 128 Å². The van der Waals surface area contributed by atoms with Gasteiger partial charge in [-0.1, -0.05) is 0 Å². The standard InChI is InChI=1S/C17H20N8O/c1-10-6-20-17-14(15(18)23-25(17)7-10)12-5-13(22-9-21-12)24-4-2-3-11(8-24)16(19)26/h5-7,9,11H,2-4,8H2,1H3,(H2,18,23)(H2,19,26). The molecule has 3 aromatic rings. The number of aromatic nitrogens is 5. The Labute approximate surface area is 150 Å². The molecule has 4 N–H and O–H groups in total. The SMILES string of the molecule is Cc1cnc2c(-c3cc(N4CCCC(C(N)=O)C4)ncn3)c(N)nn2c1. The van der Waals surface area contributed by atoms with E-state index in [1.807, 2.05) is 19.2 Å². The zero-order valence-electron chi connectivity index (χ0n) is 14.5. The van der Waals surface area contributed by atoms with E-state index in [0.717, 1.165) is 30.8 Å². The van der Waals surface area contributed by atoms with Crippen LogP contribution in [0.15, 0.2) is 24.8 Å². The van der Waals surface area contributed by atoms with Crippen molar-refractivity contribution in [2.45, 2.75) is 19.8 Å². The minimum atomic E-state index is -0.268. The Morgan fingerprint density at radius 3 is 2.96 bits per heavy atom. The third kappa shape index (κ3) is 2.81. The molecule has 134 valence electrons. The van der Waals surface area contributed by atoms with Crippen LogP contribution in [0.1, 0.15) is 18.4 Å². The summed E-state index contributed by atoms with van der Waals surface area (Å²) in [6.45, 7) is 3.33. The lowest BCUT2D eigenvalue weighted by Crippen LogP contribution is -2.41. The van der Waals surface area contributed by atoms with Crippen LogP contribution in [0.3, 0.4) is 0 Å². The Kier molecular flexibility index (Phi) is 3.90. The van der Waals surface area contributed by atoms with Gasteiger partial charge in [-0.2, -0.15) is 0 Å². The van der Waals surface area contributed by atoms with Crippen LogP contribution in [0.4, 0.5) is 11.6 Å². The van der Waals surface area contributed by atoms with E-state index in [9.17, 15) is 4.79 Å². The number of aryl methyl sites for hydroxylation is 1. The Morgan fingerprint density at radius 1 is 1.31 bits per heavy atom. The number of rotatable bonds is 3. The second-order valence-electron chi connectivity index (χ2n) is 6.61. The van der Waals surface area contributed by atoms with E-state index in [2.05, 4.69) is 25.0 Å². The van der Waals surface area contributed by atoms with Crippen molar-refractivity contribution in [1.29, 1.82) is 0 Å². The third-order valence-corrected chi connectivity index (χ3v) is 4.69. The average molecular weight is 352 g/mol. The monoisotopic (exact) mass is 352 g/mol. The fourth-order valence-electron chi connectivity index (χ4n) is 3.37. The highest BCUT2D eigenvalue weighted by atomic mass is 16.1. The fourth-order valence-corrected chi connectivity index (χ4v) is 3.37. The van der Waals surface area contributed by atoms with Crippen molar-refractivity contribution in [1.82, 2.24) is 24.6 Å². The molecule has 1 aliphatic rings. The molecule has 1 aliphatic heterocycles. The van der Waals surface area contributed by atoms with E-state index in [4.69, 9.17) is 11.5 Å². The highest BCUT2D eigenvalue weighted by Crippen LogP contribution is 2.30. The summed E-state index contributed by atoms with van der Waals surface area (Å²) in [5, 5.41) is 4.32. The predicted octanol–water partition coefficient (Wildman–Crippen LogP) is 0.779. The van der Waals surface area contributed by atoms with Crippen molar-refractivity contribution in [2.24, 2.45) is 11.7 Å². The molecule has 1 unspecified atom stereocenters. The molecule has 0 saturated carbocycles. The summed E-state index contributed by atoms with van der Waals surface area (Å²) in [6.07, 6.45) is 6.84. The summed E-state index contributed by atoms with van der Waals surface area (Å²) in [5.41, 5.74) is 14.6. The summed E-state index contributed by atoms with van der Waals surface area (Å²) in [6, 6.07) is 1.86. The van der Waals surface area contributed by atoms with Crippen LogP contribution in [-0.4, -0.2) is 43.6 Å². The van der Waals surface area contributed by atoms with Gasteiger partial charge in [0, 0.05) is 31.5 Å². The molecular weight excluding hydrogens is 332 g/mol. The van der Waals surface area contributed by atoms with E-state index in [0.29, 0.717) is 29.3 Å². The maximum absolute atomic E-state index is 11.5. The van der Waals surface area contributed by atoms with Crippen LogP contribution in [0, 0.1) is 12.8 Å². The normalized spacial score (nSPS) is 17.6. The first-order valence-electron chi connectivity index (χ1n) is 8.50. The number of nitrogens with two attached hydrogens (primary N) is 2. The first-order valence-corrected chi connectivity index (χ1v) is 8.50. The lowest BCUT2D eigenvalue weighted by molar-refractivity contribution is -0.122. The maximum atomic E-state index is 11.5. The van der Waals surface area contributed by atoms with Crippen LogP contribution in [0.2, 0.25) is 0 Å². The molecule has 1 atom stereocenters. The van der Waals surface area contributed by atoms with Gasteiger partial charge in [0.15, 0.2) is 11.5 Å². The fraction of sp³-hybridized carbons (Fsp3) is 0.353. The first kappa shape index (κ1) is 16.2. The van der Waals surface area contributed by atoms with Crippen molar-refractivity contribution in [2.75, 3.05) is 23.7 Å². The van der Waals surface area contributed by atoms with Gasteiger partial charge < -0.3 is 16.4 Å². The maximum Gasteiger partial charge on any atom is 0.222 e. The summed E-state index contributed by atoms with van der Waals surface area (Å²) < 4.78 is 1.66. The highest BCUT2D eigenvalue weighted by molar-refractivity contribution is 5.85. The molecule has 0 radical (unpaired) electrons. The Balaban J connectivity index is 1.73. The van der Waals surface area contributed by atoms with E-state index < -0.39 is 0 Å². The summed E-state index contributed by atoms with van der Waals surface area (Å²) >= 11 is 0. The zero-order chi connectivity index (χ0) is 18.3. The molecule has 0 spiro atoms. The van der Waals surface area contributed by atoms with Gasteiger partial charge in [-0.15, -0.1) is 5.10 Å². The van der Waals surface area contributed by atoms with Crippen molar-refractivity contribution < 1.29 is 4.79 Å². The molecule has 0 aliphatic carbocycles. The number of hydrogen-bond acceptors (Lipinski definition) is 7. The number of nitrogens with zero attached hydrogens (tertiary/aromatic N) is 6. The number of anilines is 2. The first-order chi connectivity index (χ1) is 12.5. The van der Waals surface area contributed by atoms with E-state index in [1.165, 1.54) is 6.33 Å². The van der Waals surface area contributed by atoms with Crippen molar-refractivity contribution in [3.05, 3.63) is 30.4 Å². The molecule has 1 fully saturated rings. The lowest BCUT2D eigenvalue weighted by atomic mass is 9.97. The molecular formula is C17H20N8O. The van der Waals surface area contributed by atoms with Crippen LogP contribution in [0.5, 0.6) is 0 Å². The van der Waals surface area contributed by atoms with Gasteiger partial charge in [-0.3, -0.25) is 4.79 Å². The minimum absolute atomic E-state index is 0.158. The number of fused-ring (bicyclic) bond motifs is 1. The van der Waals surface area contributed by atoms with Crippen LogP contribution < -0.4 is 16.4 Å². The van der Waals surface area contributed by atoms with Gasteiger partial charge in [0.25, 0.3) is 0 Å². The summed E-state index contributed by atoms with van der Waals surface area (Å²) in [4.78, 5) is 26.8. The number of piperidine rings is 1. The molecule has 9 nitrogen and oxygen atoms in total. The Hall–Kier alpha value is -3.23. The molecule has 0 aromatic carbocycles. The van der Waals surface area contributed by atoms with Crippen LogP contribution in [0.25, 0.3) is 16.9 Å². The molecule has 9 heteroatoms. The molecule has 3 aromatic heterocycles. The zero-order valence-corrected chi connectivity index (χ0v) is 14.5. The Morgan fingerprint density at radius 2 is 2.15 bits per heavy atom. The lowest BCUT2D eigenvalue weighted by Gasteiger charge is -2.32. The number of amides is 1. The summed E-state index contributed by atoms with van der Waals surface area (Å²) in [7, 11) is 0. The molecule has 4 rings (SSSR count). The molecule has 1 saturated heterocycles. The van der Waals surface area contributed by atoms with Gasteiger partial charge in [0.05, 0.1) is 17.2 Å².